The second kappa shape index (κ2) is 12.9. The summed E-state index contributed by atoms with van der Waals surface area (Å²) in [6.07, 6.45) is 0.323. The van der Waals surface area contributed by atoms with Crippen molar-refractivity contribution in [1.82, 2.24) is 10.2 Å². The molecular weight excluding hydrogens is 444 g/mol. The Hall–Kier alpha value is -3.39. The average molecular weight is 481 g/mol. The van der Waals surface area contributed by atoms with Crippen molar-refractivity contribution in [3.63, 3.8) is 0 Å². The number of carbonyl (C=O) groups is 3. The van der Waals surface area contributed by atoms with Crippen molar-refractivity contribution >= 4 is 29.1 Å². The zero-order chi connectivity index (χ0) is 25.2. The lowest BCUT2D eigenvalue weighted by Crippen LogP contribution is -2.45. The average Bonchev–Trinajstić information content (AvgIpc) is 2.86. The molecule has 1 aliphatic heterocycles. The second-order valence-corrected chi connectivity index (χ2v) is 9.06. The van der Waals surface area contributed by atoms with Gasteiger partial charge in [-0.15, -0.1) is 0 Å². The van der Waals surface area contributed by atoms with Crippen LogP contribution in [0, 0.1) is 5.92 Å². The van der Waals surface area contributed by atoms with Crippen LogP contribution in [-0.2, 0) is 19.1 Å². The summed E-state index contributed by atoms with van der Waals surface area (Å²) in [6.45, 7) is 9.06. The topological polar surface area (TPSA) is 91.0 Å². The van der Waals surface area contributed by atoms with E-state index in [-0.39, 0.29) is 30.2 Å². The molecule has 0 radical (unpaired) electrons. The normalized spacial score (nSPS) is 14.3. The van der Waals surface area contributed by atoms with Gasteiger partial charge in [0.1, 0.15) is 6.04 Å². The maximum atomic E-state index is 13.4. The second-order valence-electron chi connectivity index (χ2n) is 9.06. The van der Waals surface area contributed by atoms with Gasteiger partial charge in [-0.3, -0.25) is 14.4 Å². The Kier molecular flexibility index (Phi) is 9.66. The van der Waals surface area contributed by atoms with E-state index in [0.717, 1.165) is 18.8 Å². The van der Waals surface area contributed by atoms with E-state index in [1.165, 1.54) is 4.90 Å². The molecule has 0 bridgehead atoms. The number of rotatable bonds is 10. The Morgan fingerprint density at radius 3 is 2.23 bits per heavy atom. The Bertz CT molecular complexity index is 972. The fraction of sp³-hybridized carbons (Fsp3) is 0.444. The number of nitrogens with one attached hydrogen (secondary N) is 2. The first-order valence-electron chi connectivity index (χ1n) is 12.2. The lowest BCUT2D eigenvalue weighted by molar-refractivity contribution is -0.138. The lowest BCUT2D eigenvalue weighted by atomic mass is 10.0. The third-order valence-electron chi connectivity index (χ3n) is 5.83. The van der Waals surface area contributed by atoms with Crippen LogP contribution < -0.4 is 15.5 Å². The number of hydrogen-bond acceptors (Lipinski definition) is 5. The number of benzene rings is 2. The van der Waals surface area contributed by atoms with Crippen molar-refractivity contribution in [2.75, 3.05) is 49.6 Å². The largest absolute Gasteiger partial charge is 0.378 e. The van der Waals surface area contributed by atoms with E-state index in [1.807, 2.05) is 75.4 Å². The van der Waals surface area contributed by atoms with Crippen molar-refractivity contribution in [2.24, 2.45) is 5.92 Å². The predicted octanol–water partition coefficient (Wildman–Crippen LogP) is 3.21. The summed E-state index contributed by atoms with van der Waals surface area (Å²) >= 11 is 0. The van der Waals surface area contributed by atoms with E-state index < -0.39 is 6.04 Å². The molecule has 0 spiro atoms. The number of nitrogens with zero attached hydrogens (tertiary/aromatic N) is 2. The fourth-order valence-electron chi connectivity index (χ4n) is 4.00. The molecule has 1 fully saturated rings. The smallest absolute Gasteiger partial charge is 0.250 e. The van der Waals surface area contributed by atoms with Crippen molar-refractivity contribution in [1.29, 1.82) is 0 Å². The maximum absolute atomic E-state index is 13.4. The molecule has 1 heterocycles. The molecule has 0 saturated carbocycles. The third kappa shape index (κ3) is 7.82. The number of anilines is 2. The summed E-state index contributed by atoms with van der Waals surface area (Å²) in [6, 6.07) is 15.9. The van der Waals surface area contributed by atoms with E-state index in [4.69, 9.17) is 4.74 Å². The van der Waals surface area contributed by atoms with Crippen LogP contribution in [0.5, 0.6) is 0 Å². The molecule has 8 heteroatoms. The molecule has 0 aromatic heterocycles. The highest BCUT2D eigenvalue weighted by Gasteiger charge is 2.28. The highest BCUT2D eigenvalue weighted by atomic mass is 16.5. The Morgan fingerprint density at radius 1 is 0.971 bits per heavy atom. The molecule has 35 heavy (non-hydrogen) atoms. The standard InChI is InChI=1S/C27H36N4O4/c1-4-30(27(34)26(21-8-6-5-7-9-21)29-24(32)18-20(2)3)19-25(33)28-22-10-12-23(13-11-22)31-14-16-35-17-15-31/h5-13,20,26H,4,14-19H2,1-3H3,(H,28,33)(H,29,32). The fourth-order valence-corrected chi connectivity index (χ4v) is 4.00. The molecule has 2 aromatic rings. The summed E-state index contributed by atoms with van der Waals surface area (Å²) in [7, 11) is 0. The van der Waals surface area contributed by atoms with Gasteiger partial charge in [0.15, 0.2) is 0 Å². The molecule has 1 unspecified atom stereocenters. The van der Waals surface area contributed by atoms with Gasteiger partial charge in [0.05, 0.1) is 19.8 Å². The summed E-state index contributed by atoms with van der Waals surface area (Å²) in [4.78, 5) is 42.4. The minimum atomic E-state index is -0.844. The summed E-state index contributed by atoms with van der Waals surface area (Å²) in [5.74, 6) is -0.624. The monoisotopic (exact) mass is 480 g/mol. The molecule has 3 rings (SSSR count). The van der Waals surface area contributed by atoms with Gasteiger partial charge in [-0.2, -0.15) is 0 Å². The first-order valence-corrected chi connectivity index (χ1v) is 12.2. The molecule has 2 aromatic carbocycles. The number of amides is 3. The molecule has 1 saturated heterocycles. The summed E-state index contributed by atoms with van der Waals surface area (Å²) in [5.41, 5.74) is 2.44. The van der Waals surface area contributed by atoms with Crippen LogP contribution in [-0.4, -0.2) is 62.0 Å². The van der Waals surface area contributed by atoms with Crippen LogP contribution in [0.4, 0.5) is 11.4 Å². The van der Waals surface area contributed by atoms with Crippen LogP contribution in [0.3, 0.4) is 0 Å². The summed E-state index contributed by atoms with van der Waals surface area (Å²) in [5, 5.41) is 5.74. The van der Waals surface area contributed by atoms with E-state index >= 15 is 0 Å². The highest BCUT2D eigenvalue weighted by Crippen LogP contribution is 2.20. The zero-order valence-electron chi connectivity index (χ0n) is 20.8. The van der Waals surface area contributed by atoms with E-state index in [9.17, 15) is 14.4 Å². The molecule has 3 amide bonds. The SMILES string of the molecule is CCN(CC(=O)Nc1ccc(N2CCOCC2)cc1)C(=O)C(NC(=O)CC(C)C)c1ccccc1. The van der Waals surface area contributed by atoms with Crippen LogP contribution in [0.2, 0.25) is 0 Å². The minimum Gasteiger partial charge on any atom is -0.378 e. The maximum Gasteiger partial charge on any atom is 0.250 e. The van der Waals surface area contributed by atoms with E-state index in [2.05, 4.69) is 15.5 Å². The van der Waals surface area contributed by atoms with Gasteiger partial charge >= 0.3 is 0 Å². The molecule has 188 valence electrons. The quantitative estimate of drug-likeness (QED) is 0.545. The van der Waals surface area contributed by atoms with Gasteiger partial charge in [0, 0.05) is 37.4 Å². The van der Waals surface area contributed by atoms with Gasteiger partial charge in [0.2, 0.25) is 17.7 Å². The van der Waals surface area contributed by atoms with Crippen LogP contribution in [0.15, 0.2) is 54.6 Å². The Morgan fingerprint density at radius 2 is 1.63 bits per heavy atom. The number of likely N-dealkylation sites (N-methyl/N-ethyl adjacent to an activating group) is 1. The number of morpholine rings is 1. The van der Waals surface area contributed by atoms with Crippen molar-refractivity contribution in [3.8, 4) is 0 Å². The molecule has 2 N–H and O–H groups in total. The van der Waals surface area contributed by atoms with Crippen molar-refractivity contribution in [3.05, 3.63) is 60.2 Å². The first-order chi connectivity index (χ1) is 16.9. The molecule has 0 aliphatic carbocycles. The number of hydrogen-bond donors (Lipinski definition) is 2. The zero-order valence-corrected chi connectivity index (χ0v) is 20.8. The van der Waals surface area contributed by atoms with Crippen molar-refractivity contribution < 1.29 is 19.1 Å². The number of carbonyl (C=O) groups excluding carboxylic acids is 3. The molecular formula is C27H36N4O4. The summed E-state index contributed by atoms with van der Waals surface area (Å²) < 4.78 is 5.39. The Balaban J connectivity index is 1.64. The number of ether oxygens (including phenoxy) is 1. The first kappa shape index (κ1) is 26.2. The van der Waals surface area contributed by atoms with E-state index in [0.29, 0.717) is 37.4 Å². The Labute approximate surface area is 207 Å². The van der Waals surface area contributed by atoms with Crippen LogP contribution in [0.25, 0.3) is 0 Å². The van der Waals surface area contributed by atoms with Gasteiger partial charge in [-0.25, -0.2) is 0 Å². The van der Waals surface area contributed by atoms with Gasteiger partial charge in [0.25, 0.3) is 0 Å². The molecule has 1 atom stereocenters. The van der Waals surface area contributed by atoms with E-state index in [1.54, 1.807) is 0 Å². The highest BCUT2D eigenvalue weighted by molar-refractivity contribution is 5.96. The minimum absolute atomic E-state index is 0.107. The van der Waals surface area contributed by atoms with Crippen LogP contribution >= 0.6 is 0 Å². The van der Waals surface area contributed by atoms with Crippen molar-refractivity contribution in [2.45, 2.75) is 33.2 Å². The van der Waals surface area contributed by atoms with Crippen LogP contribution in [0.1, 0.15) is 38.8 Å². The third-order valence-corrected chi connectivity index (χ3v) is 5.83. The lowest BCUT2D eigenvalue weighted by Gasteiger charge is -2.29. The molecule has 1 aliphatic rings. The van der Waals surface area contributed by atoms with Gasteiger partial charge in [-0.05, 0) is 42.7 Å². The molecule has 8 nitrogen and oxygen atoms in total. The van der Waals surface area contributed by atoms with Gasteiger partial charge in [-0.1, -0.05) is 44.2 Å². The predicted molar refractivity (Wildman–Crippen MR) is 137 cm³/mol. The van der Waals surface area contributed by atoms with Gasteiger partial charge < -0.3 is 25.2 Å².